The van der Waals surface area contributed by atoms with Crippen molar-refractivity contribution in [2.45, 2.75) is 32.4 Å². The van der Waals surface area contributed by atoms with E-state index in [0.29, 0.717) is 6.04 Å². The van der Waals surface area contributed by atoms with Crippen molar-refractivity contribution in [1.82, 2.24) is 9.80 Å². The molecule has 0 amide bonds. The molecule has 0 aromatic heterocycles. The van der Waals surface area contributed by atoms with Crippen molar-refractivity contribution >= 4 is 0 Å². The van der Waals surface area contributed by atoms with Crippen LogP contribution in [-0.4, -0.2) is 41.5 Å². The number of nitriles is 1. The van der Waals surface area contributed by atoms with Crippen LogP contribution in [-0.2, 0) is 0 Å². The van der Waals surface area contributed by atoms with E-state index in [9.17, 15) is 5.26 Å². The first-order valence-corrected chi connectivity index (χ1v) is 7.00. The minimum atomic E-state index is -0.345. The van der Waals surface area contributed by atoms with Crippen molar-refractivity contribution < 1.29 is 0 Å². The largest absolute Gasteiger partial charge is 0.294 e. The van der Waals surface area contributed by atoms with Gasteiger partial charge in [0.2, 0.25) is 0 Å². The standard InChI is InChI=1S/C16H23N3/c1-14(15-7-5-4-6-8-15)18-9-11-19(12-10-18)16(2,3)13-17/h4-8,14H,9-12H2,1-3H3. The zero-order valence-corrected chi connectivity index (χ0v) is 12.1. The van der Waals surface area contributed by atoms with E-state index < -0.39 is 0 Å². The SMILES string of the molecule is CC(c1ccccc1)N1CCN(C(C)(C)C#N)CC1. The average Bonchev–Trinajstić information content (AvgIpc) is 2.47. The molecule has 1 fully saturated rings. The molecular formula is C16H23N3. The van der Waals surface area contributed by atoms with Gasteiger partial charge in [-0.05, 0) is 26.3 Å². The van der Waals surface area contributed by atoms with Gasteiger partial charge < -0.3 is 0 Å². The maximum absolute atomic E-state index is 9.19. The van der Waals surface area contributed by atoms with Crippen molar-refractivity contribution in [3.63, 3.8) is 0 Å². The predicted octanol–water partition coefficient (Wildman–Crippen LogP) is 2.67. The van der Waals surface area contributed by atoms with Crippen LogP contribution < -0.4 is 0 Å². The molecule has 1 atom stereocenters. The van der Waals surface area contributed by atoms with Gasteiger partial charge in [-0.25, -0.2) is 0 Å². The van der Waals surface area contributed by atoms with E-state index in [0.717, 1.165) is 26.2 Å². The molecule has 1 aromatic carbocycles. The number of benzene rings is 1. The van der Waals surface area contributed by atoms with E-state index in [1.807, 2.05) is 13.8 Å². The fraction of sp³-hybridized carbons (Fsp3) is 0.562. The predicted molar refractivity (Wildman–Crippen MR) is 77.7 cm³/mol. The van der Waals surface area contributed by atoms with Crippen molar-refractivity contribution in [2.75, 3.05) is 26.2 Å². The van der Waals surface area contributed by atoms with Gasteiger partial charge in [-0.3, -0.25) is 9.80 Å². The van der Waals surface area contributed by atoms with Crippen molar-refractivity contribution in [1.29, 1.82) is 5.26 Å². The van der Waals surface area contributed by atoms with E-state index in [1.54, 1.807) is 0 Å². The molecule has 0 bridgehead atoms. The second kappa shape index (κ2) is 5.73. The van der Waals surface area contributed by atoms with Gasteiger partial charge in [0.25, 0.3) is 0 Å². The molecule has 0 spiro atoms. The summed E-state index contributed by atoms with van der Waals surface area (Å²) in [5.74, 6) is 0. The molecule has 1 heterocycles. The van der Waals surface area contributed by atoms with E-state index in [2.05, 4.69) is 53.1 Å². The summed E-state index contributed by atoms with van der Waals surface area (Å²) in [6.07, 6.45) is 0. The van der Waals surface area contributed by atoms with Gasteiger partial charge in [-0.15, -0.1) is 0 Å². The summed E-state index contributed by atoms with van der Waals surface area (Å²) in [5.41, 5.74) is 1.03. The molecule has 1 aliphatic rings. The molecule has 0 N–H and O–H groups in total. The first-order chi connectivity index (χ1) is 9.04. The van der Waals surface area contributed by atoms with Crippen LogP contribution in [0.3, 0.4) is 0 Å². The van der Waals surface area contributed by atoms with Crippen LogP contribution in [0.25, 0.3) is 0 Å². The van der Waals surface area contributed by atoms with Gasteiger partial charge in [0.05, 0.1) is 6.07 Å². The number of rotatable bonds is 3. The first-order valence-electron chi connectivity index (χ1n) is 7.00. The lowest BCUT2D eigenvalue weighted by molar-refractivity contribution is 0.0602. The number of nitrogens with zero attached hydrogens (tertiary/aromatic N) is 3. The molecule has 3 heteroatoms. The Morgan fingerprint density at radius 2 is 1.68 bits per heavy atom. The Labute approximate surface area is 116 Å². The maximum Gasteiger partial charge on any atom is 0.103 e. The highest BCUT2D eigenvalue weighted by atomic mass is 15.3. The van der Waals surface area contributed by atoms with Crippen LogP contribution >= 0.6 is 0 Å². The Kier molecular flexibility index (Phi) is 4.24. The minimum Gasteiger partial charge on any atom is -0.294 e. The summed E-state index contributed by atoms with van der Waals surface area (Å²) < 4.78 is 0. The summed E-state index contributed by atoms with van der Waals surface area (Å²) in [7, 11) is 0. The van der Waals surface area contributed by atoms with E-state index in [1.165, 1.54) is 5.56 Å². The van der Waals surface area contributed by atoms with Crippen LogP contribution in [0.1, 0.15) is 32.4 Å². The Morgan fingerprint density at radius 1 is 1.11 bits per heavy atom. The summed E-state index contributed by atoms with van der Waals surface area (Å²) >= 11 is 0. The Hall–Kier alpha value is -1.37. The zero-order chi connectivity index (χ0) is 13.9. The van der Waals surface area contributed by atoms with Crippen molar-refractivity contribution in [2.24, 2.45) is 0 Å². The normalized spacial score (nSPS) is 19.9. The molecule has 0 saturated carbocycles. The van der Waals surface area contributed by atoms with Crippen LogP contribution in [0.5, 0.6) is 0 Å². The van der Waals surface area contributed by atoms with Gasteiger partial charge in [0.1, 0.15) is 5.54 Å². The number of hydrogen-bond acceptors (Lipinski definition) is 3. The van der Waals surface area contributed by atoms with E-state index >= 15 is 0 Å². The molecule has 1 saturated heterocycles. The average molecular weight is 257 g/mol. The highest BCUT2D eigenvalue weighted by molar-refractivity contribution is 5.18. The Morgan fingerprint density at radius 3 is 2.21 bits per heavy atom. The smallest absolute Gasteiger partial charge is 0.103 e. The molecule has 0 radical (unpaired) electrons. The Balaban J connectivity index is 1.96. The van der Waals surface area contributed by atoms with E-state index in [4.69, 9.17) is 0 Å². The summed E-state index contributed by atoms with van der Waals surface area (Å²) in [6.45, 7) is 10.3. The summed E-state index contributed by atoms with van der Waals surface area (Å²) in [6, 6.07) is 13.5. The lowest BCUT2D eigenvalue weighted by Crippen LogP contribution is -2.54. The molecule has 1 aromatic rings. The highest BCUT2D eigenvalue weighted by Gasteiger charge is 2.31. The third kappa shape index (κ3) is 3.15. The molecule has 19 heavy (non-hydrogen) atoms. The summed E-state index contributed by atoms with van der Waals surface area (Å²) in [4.78, 5) is 4.78. The Bertz CT molecular complexity index is 439. The quantitative estimate of drug-likeness (QED) is 0.834. The first kappa shape index (κ1) is 14.0. The topological polar surface area (TPSA) is 30.3 Å². The molecule has 3 nitrogen and oxygen atoms in total. The van der Waals surface area contributed by atoms with Crippen LogP contribution in [0.2, 0.25) is 0 Å². The third-order valence-electron chi connectivity index (χ3n) is 4.21. The third-order valence-corrected chi connectivity index (χ3v) is 4.21. The molecule has 1 aliphatic heterocycles. The van der Waals surface area contributed by atoms with Crippen molar-refractivity contribution in [3.8, 4) is 6.07 Å². The molecule has 2 rings (SSSR count). The maximum atomic E-state index is 9.19. The fourth-order valence-corrected chi connectivity index (χ4v) is 2.68. The molecule has 102 valence electrons. The second-order valence-electron chi connectivity index (χ2n) is 5.78. The minimum absolute atomic E-state index is 0.345. The van der Waals surface area contributed by atoms with E-state index in [-0.39, 0.29) is 5.54 Å². The van der Waals surface area contributed by atoms with Gasteiger partial charge in [-0.1, -0.05) is 30.3 Å². The molecule has 0 aliphatic carbocycles. The van der Waals surface area contributed by atoms with Crippen LogP contribution in [0.15, 0.2) is 30.3 Å². The van der Waals surface area contributed by atoms with Gasteiger partial charge in [-0.2, -0.15) is 5.26 Å². The van der Waals surface area contributed by atoms with Crippen molar-refractivity contribution in [3.05, 3.63) is 35.9 Å². The van der Waals surface area contributed by atoms with Gasteiger partial charge in [0.15, 0.2) is 0 Å². The lowest BCUT2D eigenvalue weighted by atomic mass is 10.0. The zero-order valence-electron chi connectivity index (χ0n) is 12.1. The fourth-order valence-electron chi connectivity index (χ4n) is 2.68. The van der Waals surface area contributed by atoms with Gasteiger partial charge >= 0.3 is 0 Å². The van der Waals surface area contributed by atoms with Crippen LogP contribution in [0, 0.1) is 11.3 Å². The number of hydrogen-bond donors (Lipinski definition) is 0. The number of piperazine rings is 1. The summed E-state index contributed by atoms with van der Waals surface area (Å²) in [5, 5.41) is 9.19. The monoisotopic (exact) mass is 257 g/mol. The molecule has 1 unspecified atom stereocenters. The molecular weight excluding hydrogens is 234 g/mol. The van der Waals surface area contributed by atoms with Gasteiger partial charge in [0, 0.05) is 32.2 Å². The van der Waals surface area contributed by atoms with Crippen LogP contribution in [0.4, 0.5) is 0 Å². The second-order valence-corrected chi connectivity index (χ2v) is 5.78. The lowest BCUT2D eigenvalue weighted by Gasteiger charge is -2.42. The highest BCUT2D eigenvalue weighted by Crippen LogP contribution is 2.23.